The molecule has 2 rings (SSSR count). The summed E-state index contributed by atoms with van der Waals surface area (Å²) in [4.78, 5) is 13.6. The summed E-state index contributed by atoms with van der Waals surface area (Å²) in [7, 11) is 0. The minimum Gasteiger partial charge on any atom is -0.453 e. The van der Waals surface area contributed by atoms with E-state index in [1.54, 1.807) is 0 Å². The van der Waals surface area contributed by atoms with Gasteiger partial charge in [0.2, 0.25) is 0 Å². The maximum absolute atomic E-state index is 13.6. The van der Waals surface area contributed by atoms with Crippen molar-refractivity contribution in [3.63, 3.8) is 0 Å². The third-order valence-corrected chi connectivity index (χ3v) is 2.46. The molecule has 0 unspecified atom stereocenters. The number of hydrogen-bond donors (Lipinski definition) is 2. The van der Waals surface area contributed by atoms with Gasteiger partial charge in [0.15, 0.2) is 17.4 Å². The van der Waals surface area contributed by atoms with E-state index >= 15 is 0 Å². The van der Waals surface area contributed by atoms with Crippen LogP contribution in [0.25, 0.3) is 0 Å². The van der Waals surface area contributed by atoms with E-state index in [-0.39, 0.29) is 28.7 Å². The number of nitrogens with two attached hydrogens (primary N) is 1. The molecule has 0 aliphatic carbocycles. The first-order chi connectivity index (χ1) is 10.0. The smallest absolute Gasteiger partial charge is 0.272 e. The van der Waals surface area contributed by atoms with Crippen LogP contribution in [0.4, 0.5) is 10.1 Å². The Labute approximate surface area is 117 Å². The van der Waals surface area contributed by atoms with Crippen LogP contribution in [0.2, 0.25) is 0 Å². The van der Waals surface area contributed by atoms with E-state index in [4.69, 9.17) is 15.7 Å². The summed E-state index contributed by atoms with van der Waals surface area (Å²) in [6.45, 7) is 0. The first kappa shape index (κ1) is 14.2. The molecule has 0 aliphatic rings. The van der Waals surface area contributed by atoms with Crippen LogP contribution in [0.5, 0.6) is 11.5 Å². The average Bonchev–Trinajstić information content (AvgIpc) is 2.49. The predicted molar refractivity (Wildman–Crippen MR) is 69.9 cm³/mol. The zero-order chi connectivity index (χ0) is 15.4. The molecule has 1 heterocycles. The van der Waals surface area contributed by atoms with Crippen molar-refractivity contribution in [3.8, 4) is 11.5 Å². The van der Waals surface area contributed by atoms with E-state index in [0.717, 1.165) is 18.2 Å². The second-order valence-electron chi connectivity index (χ2n) is 3.84. The lowest BCUT2D eigenvalue weighted by atomic mass is 10.3. The largest absolute Gasteiger partial charge is 0.453 e. The molecule has 0 fully saturated rings. The highest BCUT2D eigenvalue weighted by Gasteiger charge is 2.12. The summed E-state index contributed by atoms with van der Waals surface area (Å²) < 4.78 is 18.8. The summed E-state index contributed by atoms with van der Waals surface area (Å²) in [5.74, 6) is -1.04. The summed E-state index contributed by atoms with van der Waals surface area (Å²) in [6, 6.07) is 5.87. The van der Waals surface area contributed by atoms with Crippen LogP contribution in [0.15, 0.2) is 41.7 Å². The minimum absolute atomic E-state index is 0.178. The van der Waals surface area contributed by atoms with Gasteiger partial charge in [-0.1, -0.05) is 5.16 Å². The van der Waals surface area contributed by atoms with Crippen molar-refractivity contribution in [3.05, 3.63) is 58.2 Å². The fraction of sp³-hybridized carbons (Fsp3) is 0. The van der Waals surface area contributed by atoms with Gasteiger partial charge < -0.3 is 15.7 Å². The molecular weight excluding hydrogens is 283 g/mol. The zero-order valence-electron chi connectivity index (χ0n) is 10.4. The summed E-state index contributed by atoms with van der Waals surface area (Å²) >= 11 is 0. The van der Waals surface area contributed by atoms with Crippen molar-refractivity contribution in [2.75, 3.05) is 0 Å². The fourth-order valence-electron chi connectivity index (χ4n) is 1.46. The number of halogens is 1. The first-order valence-corrected chi connectivity index (χ1v) is 5.57. The Morgan fingerprint density at radius 2 is 2.19 bits per heavy atom. The topological polar surface area (TPSA) is 124 Å². The Balaban J connectivity index is 2.20. The SMILES string of the molecule is N/C(=N/O)c1ccc(Oc2ccc([N+](=O)[O-])cc2F)cn1. The lowest BCUT2D eigenvalue weighted by Gasteiger charge is -2.06. The maximum atomic E-state index is 13.6. The van der Waals surface area contributed by atoms with Crippen molar-refractivity contribution in [2.45, 2.75) is 0 Å². The number of nitro groups is 1. The quantitative estimate of drug-likeness (QED) is 0.292. The molecule has 0 aliphatic heterocycles. The van der Waals surface area contributed by atoms with Gasteiger partial charge in [0.05, 0.1) is 17.2 Å². The molecular formula is C12H9FN4O4. The highest BCUT2D eigenvalue weighted by atomic mass is 19.1. The number of benzene rings is 1. The second kappa shape index (κ2) is 5.82. The number of oxime groups is 1. The summed E-state index contributed by atoms with van der Waals surface area (Å²) in [6.07, 6.45) is 1.24. The van der Waals surface area contributed by atoms with Gasteiger partial charge in [-0.05, 0) is 18.2 Å². The lowest BCUT2D eigenvalue weighted by molar-refractivity contribution is -0.385. The fourth-order valence-corrected chi connectivity index (χ4v) is 1.46. The van der Waals surface area contributed by atoms with Crippen LogP contribution in [0.1, 0.15) is 5.69 Å². The van der Waals surface area contributed by atoms with Crippen molar-refractivity contribution in [2.24, 2.45) is 10.9 Å². The molecule has 9 heteroatoms. The molecule has 0 saturated heterocycles. The third kappa shape index (κ3) is 3.21. The van der Waals surface area contributed by atoms with Crippen molar-refractivity contribution in [1.82, 2.24) is 4.98 Å². The van der Waals surface area contributed by atoms with E-state index in [2.05, 4.69) is 10.1 Å². The number of nitrogens with zero attached hydrogens (tertiary/aromatic N) is 3. The van der Waals surface area contributed by atoms with Gasteiger partial charge in [0.1, 0.15) is 11.4 Å². The van der Waals surface area contributed by atoms with Gasteiger partial charge in [-0.2, -0.15) is 0 Å². The standard InChI is InChI=1S/C12H9FN4O4/c13-9-5-7(17(19)20)1-4-11(9)21-8-2-3-10(15-6-8)12(14)16-18/h1-6,18H,(H2,14,16). The number of nitro benzene ring substituents is 1. The zero-order valence-corrected chi connectivity index (χ0v) is 10.4. The number of rotatable bonds is 4. The highest BCUT2D eigenvalue weighted by molar-refractivity contribution is 5.95. The highest BCUT2D eigenvalue weighted by Crippen LogP contribution is 2.27. The van der Waals surface area contributed by atoms with Crippen molar-refractivity contribution in [1.29, 1.82) is 0 Å². The Morgan fingerprint density at radius 1 is 1.43 bits per heavy atom. The van der Waals surface area contributed by atoms with Gasteiger partial charge in [0.25, 0.3) is 5.69 Å². The molecule has 0 saturated carbocycles. The third-order valence-electron chi connectivity index (χ3n) is 2.46. The Kier molecular flexibility index (Phi) is 3.93. The molecule has 0 radical (unpaired) electrons. The van der Waals surface area contributed by atoms with E-state index in [1.807, 2.05) is 0 Å². The monoisotopic (exact) mass is 292 g/mol. The van der Waals surface area contributed by atoms with Crippen molar-refractivity contribution < 1.29 is 19.3 Å². The minimum atomic E-state index is -0.871. The summed E-state index contributed by atoms with van der Waals surface area (Å²) in [5.41, 5.74) is 5.18. The van der Waals surface area contributed by atoms with Gasteiger partial charge in [-0.3, -0.25) is 10.1 Å². The summed E-state index contributed by atoms with van der Waals surface area (Å²) in [5, 5.41) is 21.8. The van der Waals surface area contributed by atoms with Crippen LogP contribution in [0, 0.1) is 15.9 Å². The normalized spacial score (nSPS) is 11.2. The van der Waals surface area contributed by atoms with E-state index in [0.29, 0.717) is 0 Å². The maximum Gasteiger partial charge on any atom is 0.272 e. The molecule has 1 aromatic carbocycles. The van der Waals surface area contributed by atoms with E-state index in [9.17, 15) is 14.5 Å². The number of amidine groups is 1. The first-order valence-electron chi connectivity index (χ1n) is 5.57. The van der Waals surface area contributed by atoms with Crippen LogP contribution < -0.4 is 10.5 Å². The van der Waals surface area contributed by atoms with Crippen LogP contribution in [-0.4, -0.2) is 21.0 Å². The number of aromatic nitrogens is 1. The molecule has 108 valence electrons. The van der Waals surface area contributed by atoms with E-state index in [1.165, 1.54) is 18.3 Å². The Morgan fingerprint density at radius 3 is 2.71 bits per heavy atom. The molecule has 21 heavy (non-hydrogen) atoms. The predicted octanol–water partition coefficient (Wildman–Crippen LogP) is 2.02. The van der Waals surface area contributed by atoms with E-state index < -0.39 is 10.7 Å². The number of non-ortho nitro benzene ring substituents is 1. The van der Waals surface area contributed by atoms with Crippen molar-refractivity contribution >= 4 is 11.5 Å². The van der Waals surface area contributed by atoms with Crippen LogP contribution >= 0.6 is 0 Å². The molecule has 1 aromatic heterocycles. The van der Waals surface area contributed by atoms with Gasteiger partial charge >= 0.3 is 0 Å². The molecule has 3 N–H and O–H groups in total. The second-order valence-corrected chi connectivity index (χ2v) is 3.84. The molecule has 0 spiro atoms. The molecule has 0 bridgehead atoms. The molecule has 2 aromatic rings. The van der Waals surface area contributed by atoms with Gasteiger partial charge in [0, 0.05) is 6.07 Å². The van der Waals surface area contributed by atoms with Crippen LogP contribution in [-0.2, 0) is 0 Å². The van der Waals surface area contributed by atoms with Gasteiger partial charge in [-0.15, -0.1) is 0 Å². The number of ether oxygens (including phenoxy) is 1. The molecule has 0 amide bonds. The number of pyridine rings is 1. The van der Waals surface area contributed by atoms with Gasteiger partial charge in [-0.25, -0.2) is 9.37 Å². The van der Waals surface area contributed by atoms with Crippen LogP contribution in [0.3, 0.4) is 0 Å². The Hall–Kier alpha value is -3.23. The molecule has 8 nitrogen and oxygen atoms in total. The average molecular weight is 292 g/mol. The molecule has 0 atom stereocenters. The lowest BCUT2D eigenvalue weighted by Crippen LogP contribution is -2.14. The Bertz CT molecular complexity index is 703. The number of hydrogen-bond acceptors (Lipinski definition) is 6.